The van der Waals surface area contributed by atoms with Gasteiger partial charge in [0.2, 0.25) is 5.78 Å². The molecule has 0 bridgehead atoms. The highest BCUT2D eigenvalue weighted by Gasteiger charge is 2.31. The molecular formula is C25H28O6. The van der Waals surface area contributed by atoms with Gasteiger partial charge < -0.3 is 19.3 Å². The fourth-order valence-corrected chi connectivity index (χ4v) is 3.20. The molecule has 0 spiro atoms. The molecule has 1 heterocycles. The van der Waals surface area contributed by atoms with Gasteiger partial charge >= 0.3 is 5.97 Å². The Hall–Kier alpha value is -3.28. The predicted octanol–water partition coefficient (Wildman–Crippen LogP) is 5.20. The molecule has 0 saturated carbocycles. The Kier molecular flexibility index (Phi) is 6.11. The average Bonchev–Trinajstić information content (AvgIpc) is 2.98. The summed E-state index contributed by atoms with van der Waals surface area (Å²) in [6, 6.07) is 8.90. The summed E-state index contributed by atoms with van der Waals surface area (Å²) < 4.78 is 17.3. The standard InChI is InChI=1S/C25H28O6/c1-14(2)13-29-18-7-8-19-20(12-18)30-21(22(19)26)11-17-9-15(3)23(16(4)10-17)31-25(5,6)24(27)28/h7-12,14H,13H2,1-6H3,(H,27,28). The van der Waals surface area contributed by atoms with Gasteiger partial charge in [0, 0.05) is 6.07 Å². The number of carbonyl (C=O) groups excluding carboxylic acids is 1. The van der Waals surface area contributed by atoms with Crippen molar-refractivity contribution in [1.82, 2.24) is 0 Å². The molecule has 1 aliphatic heterocycles. The van der Waals surface area contributed by atoms with Gasteiger partial charge in [-0.3, -0.25) is 4.79 Å². The van der Waals surface area contributed by atoms with Gasteiger partial charge in [0.15, 0.2) is 11.4 Å². The van der Waals surface area contributed by atoms with Gasteiger partial charge in [-0.1, -0.05) is 13.8 Å². The van der Waals surface area contributed by atoms with Crippen molar-refractivity contribution in [2.45, 2.75) is 47.1 Å². The predicted molar refractivity (Wildman–Crippen MR) is 118 cm³/mol. The molecular weight excluding hydrogens is 396 g/mol. The van der Waals surface area contributed by atoms with Crippen molar-refractivity contribution in [1.29, 1.82) is 0 Å². The monoisotopic (exact) mass is 424 g/mol. The zero-order chi connectivity index (χ0) is 22.9. The van der Waals surface area contributed by atoms with Crippen LogP contribution >= 0.6 is 0 Å². The summed E-state index contributed by atoms with van der Waals surface area (Å²) >= 11 is 0. The number of ether oxygens (including phenoxy) is 3. The van der Waals surface area contributed by atoms with E-state index >= 15 is 0 Å². The van der Waals surface area contributed by atoms with E-state index in [4.69, 9.17) is 14.2 Å². The minimum atomic E-state index is -1.35. The van der Waals surface area contributed by atoms with Crippen LogP contribution in [0.15, 0.2) is 36.1 Å². The topological polar surface area (TPSA) is 82.1 Å². The van der Waals surface area contributed by atoms with Crippen molar-refractivity contribution in [3.05, 3.63) is 58.3 Å². The van der Waals surface area contributed by atoms with Gasteiger partial charge in [-0.2, -0.15) is 0 Å². The molecule has 2 aromatic carbocycles. The van der Waals surface area contributed by atoms with E-state index in [0.29, 0.717) is 35.3 Å². The zero-order valence-corrected chi connectivity index (χ0v) is 18.7. The molecule has 31 heavy (non-hydrogen) atoms. The third kappa shape index (κ3) is 4.90. The smallest absolute Gasteiger partial charge is 0.347 e. The summed E-state index contributed by atoms with van der Waals surface area (Å²) in [6.07, 6.45) is 1.68. The number of hydrogen-bond donors (Lipinski definition) is 1. The first-order valence-electron chi connectivity index (χ1n) is 10.2. The quantitative estimate of drug-likeness (QED) is 0.616. The van der Waals surface area contributed by atoms with E-state index in [0.717, 1.165) is 16.7 Å². The van der Waals surface area contributed by atoms with Crippen molar-refractivity contribution in [2.75, 3.05) is 6.61 Å². The van der Waals surface area contributed by atoms with Crippen LogP contribution in [-0.4, -0.2) is 29.1 Å². The highest BCUT2D eigenvalue weighted by Crippen LogP contribution is 2.36. The van der Waals surface area contributed by atoms with Crippen molar-refractivity contribution < 1.29 is 28.9 Å². The molecule has 0 atom stereocenters. The number of fused-ring (bicyclic) bond motifs is 1. The number of benzene rings is 2. The molecule has 0 aliphatic carbocycles. The third-order valence-corrected chi connectivity index (χ3v) is 4.88. The SMILES string of the molecule is Cc1cc(C=C2Oc3cc(OCC(C)C)ccc3C2=O)cc(C)c1OC(C)(C)C(=O)O. The van der Waals surface area contributed by atoms with E-state index in [-0.39, 0.29) is 11.5 Å². The number of allylic oxidation sites excluding steroid dienone is 1. The second kappa shape index (κ2) is 8.46. The van der Waals surface area contributed by atoms with Crippen molar-refractivity contribution in [3.63, 3.8) is 0 Å². The van der Waals surface area contributed by atoms with E-state index in [1.165, 1.54) is 13.8 Å². The highest BCUT2D eigenvalue weighted by atomic mass is 16.5. The number of rotatable bonds is 7. The maximum Gasteiger partial charge on any atom is 0.347 e. The molecule has 6 heteroatoms. The van der Waals surface area contributed by atoms with Crippen LogP contribution in [0.1, 0.15) is 54.7 Å². The van der Waals surface area contributed by atoms with Crippen LogP contribution in [0.25, 0.3) is 6.08 Å². The molecule has 0 radical (unpaired) electrons. The number of ketones is 1. The lowest BCUT2D eigenvalue weighted by atomic mass is 10.0. The first-order valence-corrected chi connectivity index (χ1v) is 10.2. The minimum absolute atomic E-state index is 0.187. The van der Waals surface area contributed by atoms with E-state index < -0.39 is 11.6 Å². The van der Waals surface area contributed by atoms with Crippen LogP contribution in [0.3, 0.4) is 0 Å². The van der Waals surface area contributed by atoms with Crippen LogP contribution in [0.2, 0.25) is 0 Å². The number of aryl methyl sites for hydroxylation is 2. The molecule has 164 valence electrons. The summed E-state index contributed by atoms with van der Waals surface area (Å²) in [6.45, 7) is 11.4. The molecule has 6 nitrogen and oxygen atoms in total. The van der Waals surface area contributed by atoms with Gasteiger partial charge in [-0.25, -0.2) is 4.79 Å². The third-order valence-electron chi connectivity index (χ3n) is 4.88. The Labute approximate surface area is 182 Å². The van der Waals surface area contributed by atoms with Gasteiger partial charge in [-0.05, 0) is 80.6 Å². The highest BCUT2D eigenvalue weighted by molar-refractivity contribution is 6.14. The number of hydrogen-bond acceptors (Lipinski definition) is 5. The van der Waals surface area contributed by atoms with E-state index in [9.17, 15) is 14.7 Å². The van der Waals surface area contributed by atoms with Crippen LogP contribution < -0.4 is 14.2 Å². The van der Waals surface area contributed by atoms with E-state index in [1.807, 2.05) is 26.0 Å². The summed E-state index contributed by atoms with van der Waals surface area (Å²) in [4.78, 5) is 24.1. The Balaban J connectivity index is 1.85. The lowest BCUT2D eigenvalue weighted by Crippen LogP contribution is -2.38. The molecule has 1 aliphatic rings. The van der Waals surface area contributed by atoms with Crippen molar-refractivity contribution in [2.24, 2.45) is 5.92 Å². The minimum Gasteiger partial charge on any atom is -0.493 e. The van der Waals surface area contributed by atoms with Crippen LogP contribution in [0, 0.1) is 19.8 Å². The molecule has 3 rings (SSSR count). The van der Waals surface area contributed by atoms with E-state index in [2.05, 4.69) is 13.8 Å². The fourth-order valence-electron chi connectivity index (χ4n) is 3.20. The first-order chi connectivity index (χ1) is 14.5. The molecule has 0 fully saturated rings. The van der Waals surface area contributed by atoms with Crippen LogP contribution in [-0.2, 0) is 4.79 Å². The van der Waals surface area contributed by atoms with Gasteiger partial charge in [0.1, 0.15) is 17.2 Å². The summed E-state index contributed by atoms with van der Waals surface area (Å²) in [5.74, 6) is 1.05. The van der Waals surface area contributed by atoms with Gasteiger partial charge in [-0.15, -0.1) is 0 Å². The van der Waals surface area contributed by atoms with E-state index in [1.54, 1.807) is 24.3 Å². The number of carbonyl (C=O) groups is 2. The fraction of sp³-hybridized carbons (Fsp3) is 0.360. The maximum absolute atomic E-state index is 12.8. The zero-order valence-electron chi connectivity index (χ0n) is 18.7. The van der Waals surface area contributed by atoms with Crippen LogP contribution in [0.4, 0.5) is 0 Å². The van der Waals surface area contributed by atoms with Gasteiger partial charge in [0.05, 0.1) is 12.2 Å². The Morgan fingerprint density at radius 3 is 2.39 bits per heavy atom. The number of carboxylic acid groups (broad SMARTS) is 1. The molecule has 0 unspecified atom stereocenters. The van der Waals surface area contributed by atoms with Crippen LogP contribution in [0.5, 0.6) is 17.2 Å². The lowest BCUT2D eigenvalue weighted by Gasteiger charge is -2.24. The number of aliphatic carboxylic acids is 1. The Morgan fingerprint density at radius 1 is 1.16 bits per heavy atom. The van der Waals surface area contributed by atoms with Crippen molar-refractivity contribution in [3.8, 4) is 17.2 Å². The second-order valence-corrected chi connectivity index (χ2v) is 8.70. The molecule has 2 aromatic rings. The Morgan fingerprint density at radius 2 is 1.81 bits per heavy atom. The maximum atomic E-state index is 12.8. The average molecular weight is 424 g/mol. The molecule has 0 amide bonds. The summed E-state index contributed by atoms with van der Waals surface area (Å²) in [5, 5.41) is 9.33. The van der Waals surface area contributed by atoms with Crippen molar-refractivity contribution >= 4 is 17.8 Å². The first kappa shape index (κ1) is 22.4. The summed E-state index contributed by atoms with van der Waals surface area (Å²) in [5.41, 5.74) is 1.46. The largest absolute Gasteiger partial charge is 0.493 e. The summed E-state index contributed by atoms with van der Waals surface area (Å²) in [7, 11) is 0. The normalized spacial score (nSPS) is 14.5. The molecule has 1 N–H and O–H groups in total. The second-order valence-electron chi connectivity index (χ2n) is 8.70. The molecule has 0 aromatic heterocycles. The Bertz CT molecular complexity index is 1040. The number of Topliss-reactive ketones (excluding diaryl/α,β-unsaturated/α-hetero) is 1. The molecule has 0 saturated heterocycles. The lowest BCUT2D eigenvalue weighted by molar-refractivity contribution is -0.152. The van der Waals surface area contributed by atoms with Gasteiger partial charge in [0.25, 0.3) is 0 Å². The number of carboxylic acids is 1.